The van der Waals surface area contributed by atoms with E-state index in [2.05, 4.69) is 15.4 Å². The third-order valence-electron chi connectivity index (χ3n) is 2.27. The molecule has 0 aliphatic heterocycles. The van der Waals surface area contributed by atoms with Crippen LogP contribution in [-0.4, -0.2) is 49.3 Å². The minimum Gasteiger partial charge on any atom is -0.479 e. The predicted octanol–water partition coefficient (Wildman–Crippen LogP) is -0.410. The van der Waals surface area contributed by atoms with Gasteiger partial charge in [0.05, 0.1) is 13.1 Å². The quantitative estimate of drug-likeness (QED) is 0.529. The van der Waals surface area contributed by atoms with Crippen molar-refractivity contribution in [3.63, 3.8) is 0 Å². The Hall–Kier alpha value is -1.14. The molecule has 16 heavy (non-hydrogen) atoms. The van der Waals surface area contributed by atoms with Crippen molar-refractivity contribution in [3.05, 3.63) is 0 Å². The molecule has 6 nitrogen and oxygen atoms in total. The second-order valence-electron chi connectivity index (χ2n) is 3.56. The van der Waals surface area contributed by atoms with Crippen molar-refractivity contribution < 1.29 is 19.4 Å². The average Bonchev–Trinajstić information content (AvgIpc) is 2.26. The number of carbonyl (C=O) groups is 2. The minimum atomic E-state index is -1.09. The van der Waals surface area contributed by atoms with Crippen molar-refractivity contribution in [1.29, 1.82) is 0 Å². The van der Waals surface area contributed by atoms with Gasteiger partial charge in [0.25, 0.3) is 0 Å². The van der Waals surface area contributed by atoms with Gasteiger partial charge in [-0.15, -0.1) is 0 Å². The van der Waals surface area contributed by atoms with Crippen molar-refractivity contribution in [3.8, 4) is 0 Å². The molecular weight excluding hydrogens is 212 g/mol. The van der Waals surface area contributed by atoms with E-state index in [1.807, 2.05) is 13.8 Å². The van der Waals surface area contributed by atoms with Crippen LogP contribution in [0.2, 0.25) is 0 Å². The van der Waals surface area contributed by atoms with E-state index in [0.29, 0.717) is 0 Å². The van der Waals surface area contributed by atoms with Crippen molar-refractivity contribution in [1.82, 2.24) is 10.6 Å². The number of carboxylic acid groups (broad SMARTS) is 1. The molecule has 0 aromatic carbocycles. The summed E-state index contributed by atoms with van der Waals surface area (Å²) in [5, 5.41) is 14.1. The van der Waals surface area contributed by atoms with E-state index < -0.39 is 12.1 Å². The molecule has 0 aromatic heterocycles. The highest BCUT2D eigenvalue weighted by Gasteiger charge is 2.16. The van der Waals surface area contributed by atoms with Crippen LogP contribution in [-0.2, 0) is 14.3 Å². The molecular formula is C10H20N2O4. The smallest absolute Gasteiger partial charge is 0.334 e. The molecule has 2 unspecified atom stereocenters. The van der Waals surface area contributed by atoms with Gasteiger partial charge in [0.1, 0.15) is 0 Å². The summed E-state index contributed by atoms with van der Waals surface area (Å²) in [4.78, 5) is 21.8. The standard InChI is InChI=1S/C10H20N2O4/c1-4-7(2)11-6-9(13)12-5-8(16-3)10(14)15/h7-8,11H,4-6H2,1-3H3,(H,12,13)(H,14,15). The lowest BCUT2D eigenvalue weighted by Crippen LogP contribution is -2.43. The summed E-state index contributed by atoms with van der Waals surface area (Å²) in [6.07, 6.45) is -0.0594. The third kappa shape index (κ3) is 6.36. The van der Waals surface area contributed by atoms with Crippen LogP contribution in [0.5, 0.6) is 0 Å². The molecule has 0 aromatic rings. The first-order valence-electron chi connectivity index (χ1n) is 5.26. The number of hydrogen-bond acceptors (Lipinski definition) is 4. The van der Waals surface area contributed by atoms with Crippen LogP contribution in [0.25, 0.3) is 0 Å². The molecule has 0 rings (SSSR count). The Balaban J connectivity index is 3.76. The van der Waals surface area contributed by atoms with E-state index in [-0.39, 0.29) is 25.0 Å². The molecule has 0 aliphatic carbocycles. The zero-order valence-electron chi connectivity index (χ0n) is 9.95. The van der Waals surface area contributed by atoms with Crippen LogP contribution < -0.4 is 10.6 Å². The summed E-state index contributed by atoms with van der Waals surface area (Å²) in [5.41, 5.74) is 0. The number of ether oxygens (including phenoxy) is 1. The summed E-state index contributed by atoms with van der Waals surface area (Å²) in [6, 6.07) is 0.267. The highest BCUT2D eigenvalue weighted by Crippen LogP contribution is 1.88. The molecule has 0 aliphatic rings. The molecule has 0 radical (unpaired) electrons. The molecule has 0 heterocycles. The van der Waals surface area contributed by atoms with E-state index in [0.717, 1.165) is 6.42 Å². The molecule has 0 saturated heterocycles. The second-order valence-corrected chi connectivity index (χ2v) is 3.56. The van der Waals surface area contributed by atoms with E-state index in [4.69, 9.17) is 5.11 Å². The van der Waals surface area contributed by atoms with Gasteiger partial charge in [0, 0.05) is 13.2 Å². The Morgan fingerprint density at radius 2 is 2.06 bits per heavy atom. The topological polar surface area (TPSA) is 87.7 Å². The first-order chi connectivity index (χ1) is 7.51. The van der Waals surface area contributed by atoms with Crippen molar-refractivity contribution in [2.75, 3.05) is 20.2 Å². The van der Waals surface area contributed by atoms with Gasteiger partial charge in [0.2, 0.25) is 5.91 Å². The van der Waals surface area contributed by atoms with Crippen LogP contribution in [0, 0.1) is 0 Å². The molecule has 0 spiro atoms. The normalized spacial score (nSPS) is 14.2. The maximum Gasteiger partial charge on any atom is 0.334 e. The Kier molecular flexibility index (Phi) is 7.49. The van der Waals surface area contributed by atoms with Crippen LogP contribution in [0.3, 0.4) is 0 Å². The number of carbonyl (C=O) groups excluding carboxylic acids is 1. The van der Waals surface area contributed by atoms with Crippen LogP contribution in [0.15, 0.2) is 0 Å². The van der Waals surface area contributed by atoms with Crippen molar-refractivity contribution in [2.45, 2.75) is 32.4 Å². The van der Waals surface area contributed by atoms with Crippen LogP contribution >= 0.6 is 0 Å². The SMILES string of the molecule is CCC(C)NCC(=O)NCC(OC)C(=O)O. The molecule has 2 atom stereocenters. The number of methoxy groups -OCH3 is 1. The van der Waals surface area contributed by atoms with Crippen LogP contribution in [0.4, 0.5) is 0 Å². The minimum absolute atomic E-state index is 0.0210. The van der Waals surface area contributed by atoms with E-state index in [1.165, 1.54) is 7.11 Å². The number of carboxylic acids is 1. The molecule has 0 fully saturated rings. The van der Waals surface area contributed by atoms with Gasteiger partial charge < -0.3 is 20.5 Å². The largest absolute Gasteiger partial charge is 0.479 e. The van der Waals surface area contributed by atoms with Crippen LogP contribution in [0.1, 0.15) is 20.3 Å². The molecule has 6 heteroatoms. The van der Waals surface area contributed by atoms with Gasteiger partial charge in [0.15, 0.2) is 6.10 Å². The first kappa shape index (κ1) is 14.9. The second kappa shape index (κ2) is 8.06. The zero-order chi connectivity index (χ0) is 12.6. The molecule has 3 N–H and O–H groups in total. The molecule has 0 bridgehead atoms. The van der Waals surface area contributed by atoms with Crippen molar-refractivity contribution in [2.24, 2.45) is 0 Å². The van der Waals surface area contributed by atoms with Crippen molar-refractivity contribution >= 4 is 11.9 Å². The lowest BCUT2D eigenvalue weighted by Gasteiger charge is -2.13. The van der Waals surface area contributed by atoms with E-state index in [9.17, 15) is 9.59 Å². The van der Waals surface area contributed by atoms with Gasteiger partial charge in [-0.2, -0.15) is 0 Å². The highest BCUT2D eigenvalue weighted by atomic mass is 16.5. The van der Waals surface area contributed by atoms with E-state index in [1.54, 1.807) is 0 Å². The Labute approximate surface area is 95.4 Å². The average molecular weight is 232 g/mol. The fraction of sp³-hybridized carbons (Fsp3) is 0.800. The lowest BCUT2D eigenvalue weighted by atomic mass is 10.2. The molecule has 94 valence electrons. The fourth-order valence-corrected chi connectivity index (χ4v) is 0.952. The zero-order valence-corrected chi connectivity index (χ0v) is 9.95. The van der Waals surface area contributed by atoms with E-state index >= 15 is 0 Å². The Bertz CT molecular complexity index is 233. The van der Waals surface area contributed by atoms with Gasteiger partial charge >= 0.3 is 5.97 Å². The third-order valence-corrected chi connectivity index (χ3v) is 2.27. The molecule has 0 saturated carbocycles. The molecule has 1 amide bonds. The number of hydrogen-bond donors (Lipinski definition) is 3. The number of amides is 1. The Morgan fingerprint density at radius 3 is 2.50 bits per heavy atom. The van der Waals surface area contributed by atoms with Gasteiger partial charge in [-0.3, -0.25) is 4.79 Å². The summed E-state index contributed by atoms with van der Waals surface area (Å²) in [6.45, 7) is 4.15. The maximum absolute atomic E-state index is 11.3. The maximum atomic E-state index is 11.3. The van der Waals surface area contributed by atoms with Gasteiger partial charge in [-0.25, -0.2) is 4.79 Å². The highest BCUT2D eigenvalue weighted by molar-refractivity contribution is 5.79. The summed E-state index contributed by atoms with van der Waals surface area (Å²) < 4.78 is 4.67. The van der Waals surface area contributed by atoms with Gasteiger partial charge in [-0.05, 0) is 13.3 Å². The lowest BCUT2D eigenvalue weighted by molar-refractivity contribution is -0.148. The Morgan fingerprint density at radius 1 is 1.44 bits per heavy atom. The summed E-state index contributed by atoms with van der Waals surface area (Å²) >= 11 is 0. The fourth-order valence-electron chi connectivity index (χ4n) is 0.952. The number of aliphatic carboxylic acids is 1. The van der Waals surface area contributed by atoms with Gasteiger partial charge in [-0.1, -0.05) is 6.92 Å². The monoisotopic (exact) mass is 232 g/mol. The first-order valence-corrected chi connectivity index (χ1v) is 5.26. The number of nitrogens with one attached hydrogen (secondary N) is 2. The number of rotatable bonds is 8. The summed E-state index contributed by atoms with van der Waals surface area (Å²) in [7, 11) is 1.29. The predicted molar refractivity (Wildman–Crippen MR) is 59.2 cm³/mol. The summed E-state index contributed by atoms with van der Waals surface area (Å²) in [5.74, 6) is -1.32.